The number of nitrogens with zero attached hydrogens (tertiary/aromatic N) is 2. The lowest BCUT2D eigenvalue weighted by molar-refractivity contribution is -0.130. The van der Waals surface area contributed by atoms with Crippen LogP contribution in [-0.4, -0.2) is 35.4 Å². The van der Waals surface area contributed by atoms with Crippen molar-refractivity contribution in [3.8, 4) is 0 Å². The van der Waals surface area contributed by atoms with Crippen molar-refractivity contribution in [1.82, 2.24) is 15.2 Å². The molecule has 15 heavy (non-hydrogen) atoms. The number of hydrogen-bond acceptors (Lipinski definition) is 3. The van der Waals surface area contributed by atoms with E-state index in [-0.39, 0.29) is 11.9 Å². The van der Waals surface area contributed by atoms with Crippen LogP contribution in [0.1, 0.15) is 18.5 Å². The van der Waals surface area contributed by atoms with Crippen LogP contribution in [0.5, 0.6) is 0 Å². The van der Waals surface area contributed by atoms with Gasteiger partial charge in [0.25, 0.3) is 0 Å². The highest BCUT2D eigenvalue weighted by molar-refractivity contribution is 5.73. The Balaban J connectivity index is 2.08. The summed E-state index contributed by atoms with van der Waals surface area (Å²) in [5.74, 6) is 0.144. The number of piperazine rings is 1. The zero-order valence-electron chi connectivity index (χ0n) is 8.81. The van der Waals surface area contributed by atoms with Gasteiger partial charge in [-0.3, -0.25) is 9.78 Å². The van der Waals surface area contributed by atoms with E-state index in [1.165, 1.54) is 0 Å². The fourth-order valence-corrected chi connectivity index (χ4v) is 1.84. The van der Waals surface area contributed by atoms with Crippen LogP contribution in [0.15, 0.2) is 24.5 Å². The van der Waals surface area contributed by atoms with Crippen molar-refractivity contribution in [3.63, 3.8) is 0 Å². The van der Waals surface area contributed by atoms with Crippen LogP contribution in [0, 0.1) is 0 Å². The second-order valence-corrected chi connectivity index (χ2v) is 3.76. The smallest absolute Gasteiger partial charge is 0.219 e. The Morgan fingerprint density at radius 1 is 1.67 bits per heavy atom. The zero-order chi connectivity index (χ0) is 10.7. The van der Waals surface area contributed by atoms with Crippen LogP contribution in [0.3, 0.4) is 0 Å². The van der Waals surface area contributed by atoms with Gasteiger partial charge in [-0.05, 0) is 11.6 Å². The predicted molar refractivity (Wildman–Crippen MR) is 57.2 cm³/mol. The Kier molecular flexibility index (Phi) is 2.97. The van der Waals surface area contributed by atoms with Crippen molar-refractivity contribution >= 4 is 5.91 Å². The molecule has 0 radical (unpaired) electrons. The molecule has 1 atom stereocenters. The van der Waals surface area contributed by atoms with Crippen molar-refractivity contribution in [2.24, 2.45) is 0 Å². The summed E-state index contributed by atoms with van der Waals surface area (Å²) < 4.78 is 0. The van der Waals surface area contributed by atoms with Crippen LogP contribution in [0.25, 0.3) is 0 Å². The molecule has 4 nitrogen and oxygen atoms in total. The highest BCUT2D eigenvalue weighted by atomic mass is 16.2. The molecule has 1 fully saturated rings. The Morgan fingerprint density at radius 3 is 3.20 bits per heavy atom. The Morgan fingerprint density at radius 2 is 2.53 bits per heavy atom. The zero-order valence-corrected chi connectivity index (χ0v) is 8.81. The number of carbonyl (C=O) groups excluding carboxylic acids is 1. The minimum atomic E-state index is 0.144. The lowest BCUT2D eigenvalue weighted by Gasteiger charge is -2.33. The molecule has 1 aliphatic rings. The quantitative estimate of drug-likeness (QED) is 0.729. The molecule has 0 aromatic carbocycles. The van der Waals surface area contributed by atoms with Gasteiger partial charge in [0.05, 0.1) is 6.04 Å². The molecule has 2 rings (SSSR count). The van der Waals surface area contributed by atoms with E-state index in [2.05, 4.69) is 10.3 Å². The Bertz CT molecular complexity index is 339. The van der Waals surface area contributed by atoms with Gasteiger partial charge in [-0.15, -0.1) is 0 Å². The number of carbonyl (C=O) groups is 1. The van der Waals surface area contributed by atoms with E-state index in [1.807, 2.05) is 23.2 Å². The van der Waals surface area contributed by atoms with Crippen molar-refractivity contribution in [3.05, 3.63) is 30.1 Å². The molecule has 4 heteroatoms. The summed E-state index contributed by atoms with van der Waals surface area (Å²) in [5, 5.41) is 3.39. The molecule has 2 heterocycles. The van der Waals surface area contributed by atoms with E-state index in [1.54, 1.807) is 13.1 Å². The number of amides is 1. The Hall–Kier alpha value is -1.42. The summed E-state index contributed by atoms with van der Waals surface area (Å²) in [6.45, 7) is 4.00. The topological polar surface area (TPSA) is 45.2 Å². The molecule has 0 aliphatic carbocycles. The average Bonchev–Trinajstić information content (AvgIpc) is 2.30. The highest BCUT2D eigenvalue weighted by Crippen LogP contribution is 2.15. The van der Waals surface area contributed by atoms with Crippen molar-refractivity contribution in [2.75, 3.05) is 19.6 Å². The molecule has 1 saturated heterocycles. The van der Waals surface area contributed by atoms with Gasteiger partial charge < -0.3 is 10.2 Å². The largest absolute Gasteiger partial charge is 0.340 e. The normalized spacial score (nSPS) is 21.4. The fraction of sp³-hybridized carbons (Fsp3) is 0.455. The maximum Gasteiger partial charge on any atom is 0.219 e. The van der Waals surface area contributed by atoms with E-state index in [4.69, 9.17) is 0 Å². The van der Waals surface area contributed by atoms with E-state index in [0.717, 1.165) is 25.2 Å². The molecule has 1 N–H and O–H groups in total. The van der Waals surface area contributed by atoms with Gasteiger partial charge in [0.15, 0.2) is 0 Å². The van der Waals surface area contributed by atoms with Gasteiger partial charge >= 0.3 is 0 Å². The summed E-state index contributed by atoms with van der Waals surface area (Å²) >= 11 is 0. The second kappa shape index (κ2) is 4.40. The summed E-state index contributed by atoms with van der Waals surface area (Å²) in [5.41, 5.74) is 1.14. The maximum atomic E-state index is 11.3. The molecule has 1 aromatic heterocycles. The third-order valence-corrected chi connectivity index (χ3v) is 2.71. The first-order valence-electron chi connectivity index (χ1n) is 5.16. The minimum absolute atomic E-state index is 0.144. The number of rotatable bonds is 1. The average molecular weight is 205 g/mol. The second-order valence-electron chi connectivity index (χ2n) is 3.76. The molecule has 1 aliphatic heterocycles. The monoisotopic (exact) mass is 205 g/mol. The maximum absolute atomic E-state index is 11.3. The first kappa shape index (κ1) is 10.1. The summed E-state index contributed by atoms with van der Waals surface area (Å²) in [7, 11) is 0. The predicted octanol–water partition coefficient (Wildman–Crippen LogP) is 0.574. The van der Waals surface area contributed by atoms with Crippen LogP contribution in [0.2, 0.25) is 0 Å². The van der Waals surface area contributed by atoms with Crippen LogP contribution in [-0.2, 0) is 4.79 Å². The molecule has 80 valence electrons. The van der Waals surface area contributed by atoms with Gasteiger partial charge in [0.1, 0.15) is 0 Å². The van der Waals surface area contributed by atoms with E-state index in [9.17, 15) is 4.79 Å². The highest BCUT2D eigenvalue weighted by Gasteiger charge is 2.21. The van der Waals surface area contributed by atoms with Crippen molar-refractivity contribution in [2.45, 2.75) is 13.0 Å². The molecule has 1 amide bonds. The third-order valence-electron chi connectivity index (χ3n) is 2.71. The molecule has 0 spiro atoms. The third kappa shape index (κ3) is 2.33. The van der Waals surface area contributed by atoms with E-state index < -0.39 is 0 Å². The standard InChI is InChI=1S/C11H15N3O/c1-9(15)14-6-5-13-11(8-14)10-3-2-4-12-7-10/h2-4,7,11,13H,5-6,8H2,1H3. The first-order chi connectivity index (χ1) is 7.27. The number of pyridine rings is 1. The van der Waals surface area contributed by atoms with Crippen LogP contribution in [0.4, 0.5) is 0 Å². The fourth-order valence-electron chi connectivity index (χ4n) is 1.84. The Labute approximate surface area is 89.3 Å². The number of nitrogens with one attached hydrogen (secondary N) is 1. The van der Waals surface area contributed by atoms with Gasteiger partial charge in [0, 0.05) is 39.0 Å². The number of hydrogen-bond donors (Lipinski definition) is 1. The van der Waals surface area contributed by atoms with Crippen LogP contribution < -0.4 is 5.32 Å². The number of aromatic nitrogens is 1. The van der Waals surface area contributed by atoms with Gasteiger partial charge in [-0.2, -0.15) is 0 Å². The summed E-state index contributed by atoms with van der Waals surface area (Å²) in [4.78, 5) is 17.2. The molecular weight excluding hydrogens is 190 g/mol. The lowest BCUT2D eigenvalue weighted by atomic mass is 10.1. The SMILES string of the molecule is CC(=O)N1CCNC(c2cccnc2)C1. The summed E-state index contributed by atoms with van der Waals surface area (Å²) in [6.07, 6.45) is 3.61. The van der Waals surface area contributed by atoms with E-state index in [0.29, 0.717) is 0 Å². The van der Waals surface area contributed by atoms with Crippen LogP contribution >= 0.6 is 0 Å². The lowest BCUT2D eigenvalue weighted by Crippen LogP contribution is -2.47. The van der Waals surface area contributed by atoms with Crippen molar-refractivity contribution in [1.29, 1.82) is 0 Å². The van der Waals surface area contributed by atoms with Gasteiger partial charge in [-0.1, -0.05) is 6.07 Å². The van der Waals surface area contributed by atoms with Crippen molar-refractivity contribution < 1.29 is 4.79 Å². The van der Waals surface area contributed by atoms with Gasteiger partial charge in [-0.25, -0.2) is 0 Å². The molecule has 0 bridgehead atoms. The first-order valence-corrected chi connectivity index (χ1v) is 5.16. The van der Waals surface area contributed by atoms with Gasteiger partial charge in [0.2, 0.25) is 5.91 Å². The minimum Gasteiger partial charge on any atom is -0.340 e. The van der Waals surface area contributed by atoms with E-state index >= 15 is 0 Å². The molecular formula is C11H15N3O. The molecule has 1 unspecified atom stereocenters. The molecule has 0 saturated carbocycles. The molecule has 1 aromatic rings. The summed E-state index contributed by atoms with van der Waals surface area (Å²) in [6, 6.07) is 4.18.